The predicted octanol–water partition coefficient (Wildman–Crippen LogP) is 5.26. The molecule has 0 N–H and O–H groups in total. The minimum absolute atomic E-state index is 0.130. The summed E-state index contributed by atoms with van der Waals surface area (Å²) in [5.41, 5.74) is 1.13. The van der Waals surface area contributed by atoms with E-state index in [-0.39, 0.29) is 9.81 Å². The standard InChI is InChI=1S/C10H8Cl6O2S2/c1-3-5-6(4-2)8(20(18)10(14,15)16)7(5)19(17)9(11,12)13/h3-4H,1-2H3/b5-3-,6-4-. The first kappa shape index (κ1) is 19.3. The van der Waals surface area contributed by atoms with Crippen LogP contribution < -0.4 is 0 Å². The molecule has 0 aliphatic heterocycles. The molecule has 0 saturated heterocycles. The molecule has 0 spiro atoms. The van der Waals surface area contributed by atoms with Gasteiger partial charge < -0.3 is 0 Å². The summed E-state index contributed by atoms with van der Waals surface area (Å²) in [4.78, 5) is 0.260. The summed E-state index contributed by atoms with van der Waals surface area (Å²) >= 11 is 33.8. The van der Waals surface area contributed by atoms with E-state index >= 15 is 0 Å². The molecule has 0 aromatic rings. The van der Waals surface area contributed by atoms with Gasteiger partial charge in [-0.3, -0.25) is 0 Å². The van der Waals surface area contributed by atoms with Gasteiger partial charge in [0, 0.05) is 0 Å². The molecular weight excluding hydrogens is 429 g/mol. The normalized spacial score (nSPS) is 24.0. The van der Waals surface area contributed by atoms with Gasteiger partial charge in [-0.25, -0.2) is 8.42 Å². The van der Waals surface area contributed by atoms with E-state index in [2.05, 4.69) is 0 Å². The number of halogens is 6. The number of alkyl halides is 6. The molecule has 114 valence electrons. The van der Waals surface area contributed by atoms with Crippen LogP contribution in [0.4, 0.5) is 0 Å². The fourth-order valence-corrected chi connectivity index (χ4v) is 5.32. The first-order valence-corrected chi connectivity index (χ1v) is 9.58. The van der Waals surface area contributed by atoms with Crippen LogP contribution in [-0.4, -0.2) is 14.7 Å². The van der Waals surface area contributed by atoms with Crippen LogP contribution in [0, 0.1) is 0 Å². The third-order valence-electron chi connectivity index (χ3n) is 2.35. The molecule has 0 radical (unpaired) electrons. The second-order valence-electron chi connectivity index (χ2n) is 3.49. The molecule has 1 rings (SSSR count). The third-order valence-corrected chi connectivity index (χ3v) is 7.44. The molecule has 20 heavy (non-hydrogen) atoms. The SMILES string of the molecule is C/C=C1C(S(=O)C(Cl)(Cl)Cl)=C(S(=O)C(Cl)(Cl)Cl)C\1=C/C. The lowest BCUT2D eigenvalue weighted by molar-refractivity contribution is 0.683. The van der Waals surface area contributed by atoms with Gasteiger partial charge in [0.05, 0.1) is 9.81 Å². The smallest absolute Gasteiger partial charge is 0.250 e. The van der Waals surface area contributed by atoms with Crippen molar-refractivity contribution in [2.45, 2.75) is 20.1 Å². The van der Waals surface area contributed by atoms with Crippen molar-refractivity contribution in [3.05, 3.63) is 33.1 Å². The third kappa shape index (κ3) is 3.77. The number of hydrogen-bond acceptors (Lipinski definition) is 2. The fourth-order valence-electron chi connectivity index (χ4n) is 1.60. The van der Waals surface area contributed by atoms with Gasteiger partial charge in [0.15, 0.2) is 0 Å². The van der Waals surface area contributed by atoms with Crippen molar-refractivity contribution in [3.63, 3.8) is 0 Å². The Balaban J connectivity index is 3.53. The Hall–Kier alpha value is 1.26. The van der Waals surface area contributed by atoms with E-state index in [9.17, 15) is 8.42 Å². The van der Waals surface area contributed by atoms with E-state index in [1.54, 1.807) is 26.0 Å². The van der Waals surface area contributed by atoms with E-state index in [0.717, 1.165) is 0 Å². The first-order chi connectivity index (χ1) is 8.96. The second kappa shape index (κ2) is 6.79. The van der Waals surface area contributed by atoms with Crippen LogP contribution >= 0.6 is 69.6 Å². The zero-order valence-electron chi connectivity index (χ0n) is 10.1. The largest absolute Gasteiger partial charge is 0.270 e. The van der Waals surface area contributed by atoms with E-state index in [1.807, 2.05) is 0 Å². The first-order valence-electron chi connectivity index (χ1n) is 5.02. The summed E-state index contributed by atoms with van der Waals surface area (Å²) in [5.74, 6) is 0. The Morgan fingerprint density at radius 2 is 1.00 bits per heavy atom. The van der Waals surface area contributed by atoms with Gasteiger partial charge in [-0.05, 0) is 25.0 Å². The van der Waals surface area contributed by atoms with Crippen molar-refractivity contribution in [1.82, 2.24) is 0 Å². The number of allylic oxidation sites excluding steroid dienone is 4. The fraction of sp³-hybridized carbons (Fsp3) is 0.400. The minimum Gasteiger partial charge on any atom is -0.250 e. The van der Waals surface area contributed by atoms with E-state index in [1.165, 1.54) is 0 Å². The van der Waals surface area contributed by atoms with E-state index < -0.39 is 27.8 Å². The Morgan fingerprint density at radius 3 is 1.15 bits per heavy atom. The summed E-state index contributed by atoms with van der Waals surface area (Å²) in [6.45, 7) is 3.42. The maximum absolute atomic E-state index is 12.2. The van der Waals surface area contributed by atoms with Crippen LogP contribution in [0.2, 0.25) is 0 Å². The van der Waals surface area contributed by atoms with Crippen molar-refractivity contribution in [3.8, 4) is 0 Å². The summed E-state index contributed by atoms with van der Waals surface area (Å²) in [7, 11) is -4.07. The molecule has 0 heterocycles. The molecule has 0 bridgehead atoms. The Kier molecular flexibility index (Phi) is 6.56. The Bertz CT molecular complexity index is 515. The molecule has 2 unspecified atom stereocenters. The zero-order valence-corrected chi connectivity index (χ0v) is 16.2. The van der Waals surface area contributed by atoms with E-state index in [0.29, 0.717) is 11.1 Å². The van der Waals surface area contributed by atoms with Crippen molar-refractivity contribution < 1.29 is 8.42 Å². The van der Waals surface area contributed by atoms with Gasteiger partial charge in [0.25, 0.3) is 6.25 Å². The highest BCUT2D eigenvalue weighted by Gasteiger charge is 2.47. The van der Waals surface area contributed by atoms with Crippen LogP contribution in [0.25, 0.3) is 0 Å². The lowest BCUT2D eigenvalue weighted by Gasteiger charge is -2.32. The van der Waals surface area contributed by atoms with Gasteiger partial charge in [-0.15, -0.1) is 0 Å². The Morgan fingerprint density at radius 1 is 0.750 bits per heavy atom. The average Bonchev–Trinajstić information content (AvgIpc) is 2.25. The van der Waals surface area contributed by atoms with E-state index in [4.69, 9.17) is 69.6 Å². The molecule has 1 aliphatic rings. The van der Waals surface area contributed by atoms with Crippen LogP contribution in [0.5, 0.6) is 0 Å². The Labute approximate surface area is 152 Å². The summed E-state index contributed by atoms with van der Waals surface area (Å²) < 4.78 is 20.4. The molecule has 0 aromatic carbocycles. The van der Waals surface area contributed by atoms with Crippen LogP contribution in [0.1, 0.15) is 13.8 Å². The van der Waals surface area contributed by atoms with Gasteiger partial charge in [-0.2, -0.15) is 0 Å². The lowest BCUT2D eigenvalue weighted by atomic mass is 9.94. The maximum Gasteiger partial charge on any atom is 0.270 e. The van der Waals surface area contributed by atoms with Crippen molar-refractivity contribution in [2.75, 3.05) is 0 Å². The molecular formula is C10H8Cl6O2S2. The highest BCUT2D eigenvalue weighted by atomic mass is 35.6. The molecule has 2 nitrogen and oxygen atoms in total. The number of hydrogen-bond donors (Lipinski definition) is 0. The molecule has 10 heteroatoms. The number of rotatable bonds is 2. The zero-order chi connectivity index (χ0) is 15.9. The van der Waals surface area contributed by atoms with Gasteiger partial charge in [0.2, 0.25) is 0 Å². The lowest BCUT2D eigenvalue weighted by Crippen LogP contribution is -2.29. The van der Waals surface area contributed by atoms with Gasteiger partial charge in [0.1, 0.15) is 21.6 Å². The molecule has 0 saturated carbocycles. The topological polar surface area (TPSA) is 34.1 Å². The summed E-state index contributed by atoms with van der Waals surface area (Å²) in [6.07, 6.45) is 3.33. The highest BCUT2D eigenvalue weighted by Crippen LogP contribution is 2.52. The molecule has 2 atom stereocenters. The monoisotopic (exact) mass is 434 g/mol. The van der Waals surface area contributed by atoms with Gasteiger partial charge >= 0.3 is 0 Å². The van der Waals surface area contributed by atoms with Crippen molar-refractivity contribution in [1.29, 1.82) is 0 Å². The maximum atomic E-state index is 12.2. The second-order valence-corrected chi connectivity index (χ2v) is 12.5. The molecule has 0 aromatic heterocycles. The van der Waals surface area contributed by atoms with Crippen LogP contribution in [0.15, 0.2) is 33.1 Å². The predicted molar refractivity (Wildman–Crippen MR) is 91.4 cm³/mol. The molecule has 0 fully saturated rings. The quantitative estimate of drug-likeness (QED) is 0.553. The highest BCUT2D eigenvalue weighted by molar-refractivity contribution is 7.99. The molecule has 0 amide bonds. The average molecular weight is 437 g/mol. The summed E-state index contributed by atoms with van der Waals surface area (Å²) in [6, 6.07) is 0. The molecule has 1 aliphatic carbocycles. The van der Waals surface area contributed by atoms with Gasteiger partial charge in [-0.1, -0.05) is 81.8 Å². The summed E-state index contributed by atoms with van der Waals surface area (Å²) in [5, 5.41) is 0. The van der Waals surface area contributed by atoms with Crippen LogP contribution in [-0.2, 0) is 21.6 Å². The van der Waals surface area contributed by atoms with Crippen molar-refractivity contribution >= 4 is 91.2 Å². The minimum atomic E-state index is -2.06. The van der Waals surface area contributed by atoms with Crippen LogP contribution in [0.3, 0.4) is 0 Å². The van der Waals surface area contributed by atoms with Crippen molar-refractivity contribution in [2.24, 2.45) is 0 Å².